The number of hydrogen-bond acceptors (Lipinski definition) is 4. The maximum absolute atomic E-state index is 12.4. The maximum atomic E-state index is 12.4. The number of carbonyl (C=O) groups is 1. The van der Waals surface area contributed by atoms with Crippen molar-refractivity contribution >= 4 is 17.5 Å². The molecular weight excluding hydrogens is 380 g/mol. The largest absolute Gasteiger partial charge is 0.348 e. The summed E-state index contributed by atoms with van der Waals surface area (Å²) in [5.74, 6) is 4.35. The van der Waals surface area contributed by atoms with Crippen LogP contribution in [0.2, 0.25) is 0 Å². The van der Waals surface area contributed by atoms with Gasteiger partial charge in [0.1, 0.15) is 5.78 Å². The smallest absolute Gasteiger partial charge is 0.169 e. The van der Waals surface area contributed by atoms with E-state index in [1.165, 1.54) is 44.3 Å². The van der Waals surface area contributed by atoms with E-state index in [4.69, 9.17) is 9.47 Å². The van der Waals surface area contributed by atoms with E-state index in [1.807, 2.05) is 6.92 Å². The second kappa shape index (κ2) is 6.25. The maximum Gasteiger partial charge on any atom is 0.169 e. The zero-order chi connectivity index (χ0) is 20.1. The highest BCUT2D eigenvalue weighted by Crippen LogP contribution is 2.78. The molecule has 0 amide bonds. The van der Waals surface area contributed by atoms with Gasteiger partial charge in [-0.15, -0.1) is 0 Å². The summed E-state index contributed by atoms with van der Waals surface area (Å²) in [7, 11) is 0. The molecule has 2 bridgehead atoms. The van der Waals surface area contributed by atoms with Crippen molar-refractivity contribution in [1.82, 2.24) is 0 Å². The van der Waals surface area contributed by atoms with E-state index in [0.29, 0.717) is 22.5 Å². The van der Waals surface area contributed by atoms with Gasteiger partial charge in [-0.25, -0.2) is 0 Å². The predicted molar refractivity (Wildman–Crippen MR) is 116 cm³/mol. The summed E-state index contributed by atoms with van der Waals surface area (Å²) >= 11 is 2.30. The molecule has 4 saturated carbocycles. The van der Waals surface area contributed by atoms with Crippen molar-refractivity contribution in [3.8, 4) is 0 Å². The first-order chi connectivity index (χ1) is 13.9. The molecule has 4 aliphatic carbocycles. The first-order valence-corrected chi connectivity index (χ1v) is 13.3. The molecule has 4 heteroatoms. The van der Waals surface area contributed by atoms with Crippen molar-refractivity contribution in [2.75, 3.05) is 19.0 Å². The van der Waals surface area contributed by atoms with Gasteiger partial charge in [0, 0.05) is 29.8 Å². The van der Waals surface area contributed by atoms with Crippen molar-refractivity contribution in [2.45, 2.75) is 89.6 Å². The molecule has 2 aliphatic heterocycles. The summed E-state index contributed by atoms with van der Waals surface area (Å²) in [6.07, 6.45) is 11.3. The molecule has 0 N–H and O–H groups in total. The van der Waals surface area contributed by atoms with Gasteiger partial charge in [-0.05, 0) is 85.9 Å². The quantitative estimate of drug-likeness (QED) is 0.596. The molecule has 3 unspecified atom stereocenters. The molecule has 6 fully saturated rings. The van der Waals surface area contributed by atoms with Crippen LogP contribution in [0.5, 0.6) is 0 Å². The Morgan fingerprint density at radius 1 is 1.07 bits per heavy atom. The Morgan fingerprint density at radius 3 is 2.59 bits per heavy atom. The third kappa shape index (κ3) is 2.27. The zero-order valence-electron chi connectivity index (χ0n) is 18.5. The molecule has 162 valence electrons. The minimum absolute atomic E-state index is 0.271. The second-order valence-corrected chi connectivity index (χ2v) is 12.8. The van der Waals surface area contributed by atoms with Gasteiger partial charge in [0.05, 0.1) is 13.2 Å². The van der Waals surface area contributed by atoms with Crippen LogP contribution < -0.4 is 0 Å². The Balaban J connectivity index is 1.38. The number of carbonyl (C=O) groups excluding carboxylic acids is 1. The Labute approximate surface area is 180 Å². The molecule has 6 rings (SSSR count). The zero-order valence-corrected chi connectivity index (χ0v) is 19.3. The van der Waals surface area contributed by atoms with Crippen LogP contribution in [0.15, 0.2) is 0 Å². The van der Waals surface area contributed by atoms with Crippen LogP contribution in [0, 0.1) is 39.9 Å². The topological polar surface area (TPSA) is 35.5 Å². The van der Waals surface area contributed by atoms with E-state index >= 15 is 0 Å². The molecule has 0 aromatic rings. The lowest BCUT2D eigenvalue weighted by Crippen LogP contribution is -2.64. The second-order valence-electron chi connectivity index (χ2n) is 11.6. The lowest BCUT2D eigenvalue weighted by atomic mass is 9.39. The first kappa shape index (κ1) is 19.6. The Kier molecular flexibility index (Phi) is 4.23. The average molecular weight is 419 g/mol. The molecule has 0 radical (unpaired) electrons. The van der Waals surface area contributed by atoms with Gasteiger partial charge in [-0.3, -0.25) is 4.79 Å². The third-order valence-electron chi connectivity index (χ3n) is 11.3. The summed E-state index contributed by atoms with van der Waals surface area (Å²) in [6, 6.07) is 0. The lowest BCUT2D eigenvalue weighted by molar-refractivity contribution is -0.255. The van der Waals surface area contributed by atoms with Gasteiger partial charge in [0.25, 0.3) is 0 Å². The number of ether oxygens (including phenoxy) is 2. The predicted octanol–water partition coefficient (Wildman–Crippen LogP) is 5.46. The number of fused-ring (bicyclic) bond motifs is 3. The molecule has 6 aliphatic rings. The number of Topliss-reactive ketones (excluding diaryl/α,β-unsaturated/α-hetero) is 1. The van der Waals surface area contributed by atoms with Gasteiger partial charge >= 0.3 is 0 Å². The van der Waals surface area contributed by atoms with Crippen LogP contribution in [0.1, 0.15) is 78.6 Å². The lowest BCUT2D eigenvalue weighted by Gasteiger charge is -2.66. The minimum Gasteiger partial charge on any atom is -0.348 e. The fourth-order valence-electron chi connectivity index (χ4n) is 10.1. The van der Waals surface area contributed by atoms with Crippen LogP contribution >= 0.6 is 11.8 Å². The van der Waals surface area contributed by atoms with E-state index in [2.05, 4.69) is 25.6 Å². The molecule has 29 heavy (non-hydrogen) atoms. The molecule has 2 heterocycles. The normalized spacial score (nSPS) is 54.8. The number of rotatable bonds is 2. The summed E-state index contributed by atoms with van der Waals surface area (Å²) in [4.78, 5) is 12.4. The highest BCUT2D eigenvalue weighted by atomic mass is 32.2. The van der Waals surface area contributed by atoms with Crippen LogP contribution in [0.3, 0.4) is 0 Å². The highest BCUT2D eigenvalue weighted by Gasteiger charge is 2.73. The summed E-state index contributed by atoms with van der Waals surface area (Å²) < 4.78 is 12.5. The van der Waals surface area contributed by atoms with E-state index in [1.54, 1.807) is 0 Å². The summed E-state index contributed by atoms with van der Waals surface area (Å²) in [5, 5.41) is 0.762. The van der Waals surface area contributed by atoms with Crippen molar-refractivity contribution in [2.24, 2.45) is 39.9 Å². The Morgan fingerprint density at radius 2 is 1.86 bits per heavy atom. The molecule has 3 nitrogen and oxygen atoms in total. The molecule has 0 aromatic carbocycles. The highest BCUT2D eigenvalue weighted by molar-refractivity contribution is 8.00. The van der Waals surface area contributed by atoms with Crippen LogP contribution in [0.4, 0.5) is 0 Å². The van der Waals surface area contributed by atoms with E-state index in [-0.39, 0.29) is 11.2 Å². The monoisotopic (exact) mass is 418 g/mol. The van der Waals surface area contributed by atoms with Crippen molar-refractivity contribution in [3.63, 3.8) is 0 Å². The van der Waals surface area contributed by atoms with Gasteiger partial charge in [0.15, 0.2) is 5.79 Å². The standard InChI is InChI=1S/C25H38O3S/c1-4-23-14-25(27-11-12-28-25)10-9-24(23)15-29-21(23)13-17-19-6-5-18(16(2)26)22(19,3)8-7-20(17)24/h17-21H,4-15H2,1-3H3/t17?,18-,19?,20?,21+,22-,23-,24+/m1/s1. The molecular formula is C25H38O3S. The van der Waals surface area contributed by atoms with Crippen LogP contribution in [0.25, 0.3) is 0 Å². The van der Waals surface area contributed by atoms with Gasteiger partial charge in [-0.1, -0.05) is 13.8 Å². The molecule has 8 atom stereocenters. The molecule has 0 aromatic heterocycles. The van der Waals surface area contributed by atoms with Crippen molar-refractivity contribution < 1.29 is 14.3 Å². The summed E-state index contributed by atoms with van der Waals surface area (Å²) in [5.41, 5.74) is 1.15. The van der Waals surface area contributed by atoms with E-state index < -0.39 is 0 Å². The minimum atomic E-state index is -0.272. The molecule has 2 saturated heterocycles. The molecule has 1 spiro atoms. The van der Waals surface area contributed by atoms with E-state index in [0.717, 1.165) is 55.5 Å². The van der Waals surface area contributed by atoms with Gasteiger partial charge in [0.2, 0.25) is 0 Å². The van der Waals surface area contributed by atoms with Crippen LogP contribution in [-0.4, -0.2) is 35.8 Å². The average Bonchev–Trinajstić information content (AvgIpc) is 3.35. The number of ketones is 1. The SMILES string of the molecule is CC[C@]12CC3(CC[C@@]14CS[C@H]2CC1C4CC[C@@]2(C)C1CC[C@@H]2C(C)=O)OCCO3. The van der Waals surface area contributed by atoms with Gasteiger partial charge in [-0.2, -0.15) is 11.8 Å². The van der Waals surface area contributed by atoms with Crippen molar-refractivity contribution in [1.29, 1.82) is 0 Å². The fourth-order valence-corrected chi connectivity index (χ4v) is 12.4. The Hall–Kier alpha value is -0.0600. The van der Waals surface area contributed by atoms with Crippen molar-refractivity contribution in [3.05, 3.63) is 0 Å². The number of thioether (sulfide) groups is 1. The third-order valence-corrected chi connectivity index (χ3v) is 13.0. The fraction of sp³-hybridized carbons (Fsp3) is 0.960. The van der Waals surface area contributed by atoms with Crippen LogP contribution in [-0.2, 0) is 14.3 Å². The van der Waals surface area contributed by atoms with Gasteiger partial charge < -0.3 is 9.47 Å². The van der Waals surface area contributed by atoms with E-state index in [9.17, 15) is 4.79 Å². The summed E-state index contributed by atoms with van der Waals surface area (Å²) in [6.45, 7) is 8.36. The number of hydrogen-bond donors (Lipinski definition) is 0. The Bertz CT molecular complexity index is 717. The first-order valence-electron chi connectivity index (χ1n) is 12.3.